The summed E-state index contributed by atoms with van der Waals surface area (Å²) < 4.78 is 0. The molecule has 2 aliphatic heterocycles. The first-order valence-corrected chi connectivity index (χ1v) is 8.38. The predicted octanol–water partition coefficient (Wildman–Crippen LogP) is 3.04. The SMILES string of the molecule is O=C(NC1CC2CCC1N2)c1cc(-c2ccccc2)cs1. The Labute approximate surface area is 128 Å². The summed E-state index contributed by atoms with van der Waals surface area (Å²) in [7, 11) is 0. The lowest BCUT2D eigenvalue weighted by Crippen LogP contribution is -2.42. The van der Waals surface area contributed by atoms with E-state index in [-0.39, 0.29) is 5.91 Å². The molecule has 0 saturated carbocycles. The van der Waals surface area contributed by atoms with E-state index in [0.717, 1.165) is 22.4 Å². The summed E-state index contributed by atoms with van der Waals surface area (Å²) in [6.45, 7) is 0. The van der Waals surface area contributed by atoms with Crippen LogP contribution in [0.25, 0.3) is 11.1 Å². The van der Waals surface area contributed by atoms with Crippen LogP contribution in [0.3, 0.4) is 0 Å². The number of hydrogen-bond acceptors (Lipinski definition) is 3. The molecule has 4 rings (SSSR count). The van der Waals surface area contributed by atoms with Crippen LogP contribution in [0, 0.1) is 0 Å². The van der Waals surface area contributed by atoms with Crippen molar-refractivity contribution in [2.45, 2.75) is 37.4 Å². The molecule has 21 heavy (non-hydrogen) atoms. The Kier molecular flexibility index (Phi) is 3.28. The summed E-state index contributed by atoms with van der Waals surface area (Å²) >= 11 is 1.52. The Morgan fingerprint density at radius 1 is 1.19 bits per heavy atom. The summed E-state index contributed by atoms with van der Waals surface area (Å²) in [5.74, 6) is 0.0709. The number of hydrogen-bond donors (Lipinski definition) is 2. The minimum absolute atomic E-state index is 0.0709. The zero-order valence-corrected chi connectivity index (χ0v) is 12.5. The van der Waals surface area contributed by atoms with Crippen molar-refractivity contribution in [3.8, 4) is 11.1 Å². The van der Waals surface area contributed by atoms with Gasteiger partial charge in [-0.1, -0.05) is 30.3 Å². The van der Waals surface area contributed by atoms with Gasteiger partial charge in [0.15, 0.2) is 0 Å². The largest absolute Gasteiger partial charge is 0.347 e. The van der Waals surface area contributed by atoms with E-state index in [4.69, 9.17) is 0 Å². The smallest absolute Gasteiger partial charge is 0.261 e. The van der Waals surface area contributed by atoms with Gasteiger partial charge in [0, 0.05) is 18.1 Å². The highest BCUT2D eigenvalue weighted by molar-refractivity contribution is 7.12. The molecular formula is C17H18N2OS. The summed E-state index contributed by atoms with van der Waals surface area (Å²) in [6, 6.07) is 13.6. The minimum Gasteiger partial charge on any atom is -0.347 e. The van der Waals surface area contributed by atoms with Crippen molar-refractivity contribution >= 4 is 17.2 Å². The van der Waals surface area contributed by atoms with E-state index in [9.17, 15) is 4.79 Å². The molecule has 2 bridgehead atoms. The topological polar surface area (TPSA) is 41.1 Å². The standard InChI is InChI=1S/C17H18N2OS/c20-17(19-15-9-13-6-7-14(15)18-13)16-8-12(10-21-16)11-4-2-1-3-5-11/h1-5,8,10,13-15,18H,6-7,9H2,(H,19,20). The summed E-state index contributed by atoms with van der Waals surface area (Å²) in [5.41, 5.74) is 2.28. The number of amides is 1. The zero-order chi connectivity index (χ0) is 14.2. The number of fused-ring (bicyclic) bond motifs is 2. The van der Waals surface area contributed by atoms with Gasteiger partial charge in [-0.25, -0.2) is 0 Å². The molecule has 1 aromatic carbocycles. The molecule has 1 aromatic heterocycles. The third kappa shape index (κ3) is 2.49. The highest BCUT2D eigenvalue weighted by Crippen LogP contribution is 2.29. The fourth-order valence-corrected chi connectivity index (χ4v) is 4.28. The number of thiophene rings is 1. The van der Waals surface area contributed by atoms with E-state index in [1.165, 1.54) is 24.2 Å². The van der Waals surface area contributed by atoms with E-state index < -0.39 is 0 Å². The molecule has 2 fully saturated rings. The first-order chi connectivity index (χ1) is 10.3. The van der Waals surface area contributed by atoms with Gasteiger partial charge in [0.25, 0.3) is 5.91 Å². The third-order valence-corrected chi connectivity index (χ3v) is 5.48. The normalized spacial score (nSPS) is 27.0. The van der Waals surface area contributed by atoms with Crippen LogP contribution < -0.4 is 10.6 Å². The number of rotatable bonds is 3. The molecule has 3 unspecified atom stereocenters. The van der Waals surface area contributed by atoms with Gasteiger partial charge in [-0.05, 0) is 41.8 Å². The number of nitrogens with one attached hydrogen (secondary N) is 2. The molecule has 2 aliphatic rings. The van der Waals surface area contributed by atoms with E-state index in [2.05, 4.69) is 28.1 Å². The Morgan fingerprint density at radius 3 is 2.76 bits per heavy atom. The fourth-order valence-electron chi connectivity index (χ4n) is 3.46. The maximum absolute atomic E-state index is 12.4. The van der Waals surface area contributed by atoms with Crippen LogP contribution in [0.1, 0.15) is 28.9 Å². The summed E-state index contributed by atoms with van der Waals surface area (Å²) in [6.07, 6.45) is 3.52. The molecule has 108 valence electrons. The molecule has 3 nitrogen and oxygen atoms in total. The fraction of sp³-hybridized carbons (Fsp3) is 0.353. The molecule has 0 aliphatic carbocycles. The highest BCUT2D eigenvalue weighted by atomic mass is 32.1. The monoisotopic (exact) mass is 298 g/mol. The van der Waals surface area contributed by atoms with Crippen molar-refractivity contribution in [3.05, 3.63) is 46.7 Å². The van der Waals surface area contributed by atoms with Crippen molar-refractivity contribution < 1.29 is 4.79 Å². The first-order valence-electron chi connectivity index (χ1n) is 7.50. The maximum Gasteiger partial charge on any atom is 0.261 e. The van der Waals surface area contributed by atoms with Crippen LogP contribution in [-0.2, 0) is 0 Å². The van der Waals surface area contributed by atoms with Gasteiger partial charge in [-0.15, -0.1) is 11.3 Å². The van der Waals surface area contributed by atoms with Crippen LogP contribution in [0.15, 0.2) is 41.8 Å². The second-order valence-corrected chi connectivity index (χ2v) is 6.84. The lowest BCUT2D eigenvalue weighted by atomic mass is 9.95. The van der Waals surface area contributed by atoms with E-state index >= 15 is 0 Å². The lowest BCUT2D eigenvalue weighted by Gasteiger charge is -2.20. The zero-order valence-electron chi connectivity index (χ0n) is 11.7. The van der Waals surface area contributed by atoms with Crippen LogP contribution in [0.2, 0.25) is 0 Å². The van der Waals surface area contributed by atoms with Gasteiger partial charge in [-0.3, -0.25) is 4.79 Å². The first kappa shape index (κ1) is 13.0. The molecule has 0 radical (unpaired) electrons. The molecule has 2 saturated heterocycles. The van der Waals surface area contributed by atoms with Gasteiger partial charge in [0.1, 0.15) is 0 Å². The Hall–Kier alpha value is -1.65. The van der Waals surface area contributed by atoms with Gasteiger partial charge in [-0.2, -0.15) is 0 Å². The van der Waals surface area contributed by atoms with Gasteiger partial charge < -0.3 is 10.6 Å². The number of carbonyl (C=O) groups is 1. The maximum atomic E-state index is 12.4. The molecule has 3 heterocycles. The Balaban J connectivity index is 1.47. The lowest BCUT2D eigenvalue weighted by molar-refractivity contribution is 0.0935. The van der Waals surface area contributed by atoms with E-state index in [0.29, 0.717) is 18.1 Å². The van der Waals surface area contributed by atoms with Crippen molar-refractivity contribution in [2.75, 3.05) is 0 Å². The second kappa shape index (κ2) is 5.28. The highest BCUT2D eigenvalue weighted by Gasteiger charge is 2.39. The molecule has 2 N–H and O–H groups in total. The molecular weight excluding hydrogens is 280 g/mol. The molecule has 3 atom stereocenters. The molecule has 2 aromatic rings. The second-order valence-electron chi connectivity index (χ2n) is 5.93. The Morgan fingerprint density at radius 2 is 2.05 bits per heavy atom. The van der Waals surface area contributed by atoms with Crippen LogP contribution in [0.4, 0.5) is 0 Å². The average Bonchev–Trinajstić information content (AvgIpc) is 3.24. The van der Waals surface area contributed by atoms with Gasteiger partial charge in [0.05, 0.1) is 4.88 Å². The average molecular weight is 298 g/mol. The van der Waals surface area contributed by atoms with Crippen LogP contribution in [-0.4, -0.2) is 24.0 Å². The number of carbonyl (C=O) groups excluding carboxylic acids is 1. The predicted molar refractivity (Wildman–Crippen MR) is 85.6 cm³/mol. The quantitative estimate of drug-likeness (QED) is 0.914. The van der Waals surface area contributed by atoms with Crippen molar-refractivity contribution in [2.24, 2.45) is 0 Å². The Bertz CT molecular complexity index is 652. The summed E-state index contributed by atoms with van der Waals surface area (Å²) in [4.78, 5) is 13.2. The van der Waals surface area contributed by atoms with E-state index in [1.54, 1.807) is 0 Å². The molecule has 1 amide bonds. The minimum atomic E-state index is 0.0709. The third-order valence-electron chi connectivity index (χ3n) is 4.55. The molecule has 0 spiro atoms. The van der Waals surface area contributed by atoms with Crippen molar-refractivity contribution in [1.82, 2.24) is 10.6 Å². The molecule has 4 heteroatoms. The van der Waals surface area contributed by atoms with Crippen LogP contribution in [0.5, 0.6) is 0 Å². The summed E-state index contributed by atoms with van der Waals surface area (Å²) in [5, 5.41) is 8.81. The van der Waals surface area contributed by atoms with Gasteiger partial charge in [0.2, 0.25) is 0 Å². The van der Waals surface area contributed by atoms with Crippen LogP contribution >= 0.6 is 11.3 Å². The van der Waals surface area contributed by atoms with E-state index in [1.807, 2.05) is 24.3 Å². The van der Waals surface area contributed by atoms with Crippen molar-refractivity contribution in [3.63, 3.8) is 0 Å². The van der Waals surface area contributed by atoms with Gasteiger partial charge >= 0.3 is 0 Å². The van der Waals surface area contributed by atoms with Crippen molar-refractivity contribution in [1.29, 1.82) is 0 Å². The number of benzene rings is 1.